The number of hydrogen-bond donors (Lipinski definition) is 0. The summed E-state index contributed by atoms with van der Waals surface area (Å²) in [5.41, 5.74) is 6.02. The first-order chi connectivity index (χ1) is 11.7. The molecule has 2 aromatic carbocycles. The van der Waals surface area contributed by atoms with Gasteiger partial charge in [0.05, 0.1) is 0 Å². The molecule has 0 aromatic heterocycles. The maximum Gasteiger partial charge on any atom is 4.00 e. The van der Waals surface area contributed by atoms with Crippen molar-refractivity contribution >= 4 is 0 Å². The standard InChI is InChI=1S/2C12H19.2ClH.Zr/c2*1-3-4-5-6-9-12-10-7-8-11(12)2;;;/h2*7-8,10H,3-6,9H2,1-2H3;2*1H;/q2*-1;;;+4/p-2. The van der Waals surface area contributed by atoms with E-state index < -0.39 is 0 Å². The SMILES string of the molecule is CCCCCC[c-]1cccc1C.CCCCCC[c-]1cccc1C.[Cl-].[Cl-].[Zr+4]. The summed E-state index contributed by atoms with van der Waals surface area (Å²) in [7, 11) is 0. The van der Waals surface area contributed by atoms with E-state index in [1.807, 2.05) is 0 Å². The minimum atomic E-state index is 0. The van der Waals surface area contributed by atoms with Crippen LogP contribution in [0.15, 0.2) is 36.4 Å². The van der Waals surface area contributed by atoms with E-state index in [1.165, 1.54) is 75.3 Å². The van der Waals surface area contributed by atoms with Gasteiger partial charge in [0.15, 0.2) is 0 Å². The van der Waals surface area contributed by atoms with Gasteiger partial charge in [-0.1, -0.05) is 91.9 Å². The Morgan fingerprint density at radius 2 is 1.00 bits per heavy atom. The molecule has 0 fully saturated rings. The van der Waals surface area contributed by atoms with Gasteiger partial charge < -0.3 is 24.8 Å². The van der Waals surface area contributed by atoms with E-state index in [0.717, 1.165) is 0 Å². The fourth-order valence-corrected chi connectivity index (χ4v) is 3.14. The van der Waals surface area contributed by atoms with Crippen LogP contribution in [0.4, 0.5) is 0 Å². The number of unbranched alkanes of at least 4 members (excludes halogenated alkanes) is 6. The molecule has 3 heteroatoms. The average Bonchev–Trinajstić information content (AvgIpc) is 3.18. The van der Waals surface area contributed by atoms with E-state index in [1.54, 1.807) is 11.1 Å². The molecule has 0 heterocycles. The summed E-state index contributed by atoms with van der Waals surface area (Å²) >= 11 is 0. The predicted octanol–water partition coefficient (Wildman–Crippen LogP) is 1.68. The van der Waals surface area contributed by atoms with Crippen LogP contribution in [0.3, 0.4) is 0 Å². The summed E-state index contributed by atoms with van der Waals surface area (Å²) < 4.78 is 0. The molecule has 0 amide bonds. The average molecular weight is 489 g/mol. The van der Waals surface area contributed by atoms with Crippen LogP contribution >= 0.6 is 0 Å². The van der Waals surface area contributed by atoms with E-state index >= 15 is 0 Å². The second-order valence-electron chi connectivity index (χ2n) is 7.09. The molecule has 0 aliphatic rings. The summed E-state index contributed by atoms with van der Waals surface area (Å²) in [6.45, 7) is 8.92. The van der Waals surface area contributed by atoms with Crippen molar-refractivity contribution in [3.63, 3.8) is 0 Å². The number of aryl methyl sites for hydroxylation is 4. The van der Waals surface area contributed by atoms with Gasteiger partial charge in [-0.3, -0.25) is 0 Å². The van der Waals surface area contributed by atoms with Gasteiger partial charge in [-0.15, -0.1) is 0 Å². The Kier molecular flexibility index (Phi) is 24.6. The zero-order valence-corrected chi connectivity index (χ0v) is 21.8. The molecule has 0 saturated heterocycles. The van der Waals surface area contributed by atoms with Crippen LogP contribution < -0.4 is 24.8 Å². The van der Waals surface area contributed by atoms with Gasteiger partial charge in [0, 0.05) is 0 Å². The molecule has 0 saturated carbocycles. The Bertz CT molecular complexity index is 480. The van der Waals surface area contributed by atoms with Crippen LogP contribution in [0.1, 0.15) is 87.5 Å². The topological polar surface area (TPSA) is 0 Å². The third-order valence-corrected chi connectivity index (χ3v) is 4.90. The van der Waals surface area contributed by atoms with E-state index in [0.29, 0.717) is 0 Å². The van der Waals surface area contributed by atoms with E-state index in [-0.39, 0.29) is 51.0 Å². The molecule has 0 aliphatic heterocycles. The monoisotopic (exact) mass is 486 g/mol. The minimum absolute atomic E-state index is 0. The number of rotatable bonds is 10. The molecule has 27 heavy (non-hydrogen) atoms. The molecule has 2 rings (SSSR count). The van der Waals surface area contributed by atoms with Crippen molar-refractivity contribution in [3.05, 3.63) is 58.7 Å². The quantitative estimate of drug-likeness (QED) is 0.353. The first kappa shape index (κ1) is 31.8. The number of halogens is 2. The van der Waals surface area contributed by atoms with Crippen molar-refractivity contribution in [3.8, 4) is 0 Å². The molecule has 0 spiro atoms. The Morgan fingerprint density at radius 1 is 0.630 bits per heavy atom. The third kappa shape index (κ3) is 14.8. The van der Waals surface area contributed by atoms with Gasteiger partial charge in [-0.25, -0.2) is 24.3 Å². The van der Waals surface area contributed by atoms with Crippen LogP contribution in [0.2, 0.25) is 0 Å². The zero-order valence-electron chi connectivity index (χ0n) is 17.8. The Balaban J connectivity index is -0.000000384. The Morgan fingerprint density at radius 3 is 1.26 bits per heavy atom. The van der Waals surface area contributed by atoms with Crippen LogP contribution in [0.25, 0.3) is 0 Å². The fraction of sp³-hybridized carbons (Fsp3) is 0.583. The zero-order chi connectivity index (χ0) is 17.6. The molecule has 0 aliphatic carbocycles. The Hall–Kier alpha value is 0.163. The second-order valence-corrected chi connectivity index (χ2v) is 7.09. The van der Waals surface area contributed by atoms with Gasteiger partial charge in [0.1, 0.15) is 0 Å². The summed E-state index contributed by atoms with van der Waals surface area (Å²) in [6.07, 6.45) is 13.5. The van der Waals surface area contributed by atoms with Crippen LogP contribution in [0, 0.1) is 13.8 Å². The molecule has 0 bridgehead atoms. The molecule has 0 N–H and O–H groups in total. The van der Waals surface area contributed by atoms with Crippen molar-refractivity contribution in [2.24, 2.45) is 0 Å². The molecule has 0 nitrogen and oxygen atoms in total. The van der Waals surface area contributed by atoms with Gasteiger partial charge in [-0.2, -0.15) is 34.4 Å². The first-order valence-corrected chi connectivity index (χ1v) is 10.1. The van der Waals surface area contributed by atoms with Gasteiger partial charge in [0.25, 0.3) is 0 Å². The van der Waals surface area contributed by atoms with Crippen molar-refractivity contribution < 1.29 is 51.0 Å². The van der Waals surface area contributed by atoms with Crippen LogP contribution in [-0.4, -0.2) is 0 Å². The summed E-state index contributed by atoms with van der Waals surface area (Å²) in [4.78, 5) is 0. The summed E-state index contributed by atoms with van der Waals surface area (Å²) in [6, 6.07) is 13.2. The fourth-order valence-electron chi connectivity index (χ4n) is 3.14. The smallest absolute Gasteiger partial charge is 1.00 e. The van der Waals surface area contributed by atoms with E-state index in [4.69, 9.17) is 0 Å². The molecule has 0 atom stereocenters. The maximum absolute atomic E-state index is 2.26. The van der Waals surface area contributed by atoms with Crippen LogP contribution in [-0.2, 0) is 39.0 Å². The molecular formula is C24H38Cl2Zr. The van der Waals surface area contributed by atoms with Crippen molar-refractivity contribution in [2.75, 3.05) is 0 Å². The normalized spacial score (nSPS) is 9.33. The number of hydrogen-bond acceptors (Lipinski definition) is 0. The summed E-state index contributed by atoms with van der Waals surface area (Å²) in [5.74, 6) is 0. The first-order valence-electron chi connectivity index (χ1n) is 10.1. The van der Waals surface area contributed by atoms with E-state index in [2.05, 4.69) is 64.1 Å². The van der Waals surface area contributed by atoms with E-state index in [9.17, 15) is 0 Å². The van der Waals surface area contributed by atoms with Crippen molar-refractivity contribution in [2.45, 2.75) is 91.9 Å². The predicted molar refractivity (Wildman–Crippen MR) is 109 cm³/mol. The Labute approximate surface area is 200 Å². The molecular weight excluding hydrogens is 450 g/mol. The van der Waals surface area contributed by atoms with Gasteiger partial charge >= 0.3 is 26.2 Å². The molecule has 0 radical (unpaired) electrons. The maximum atomic E-state index is 2.26. The van der Waals surface area contributed by atoms with Gasteiger partial charge in [0.2, 0.25) is 0 Å². The molecule has 2 aromatic rings. The molecule has 0 unspecified atom stereocenters. The minimum Gasteiger partial charge on any atom is -1.00 e. The second kappa shape index (κ2) is 20.9. The van der Waals surface area contributed by atoms with Crippen molar-refractivity contribution in [1.29, 1.82) is 0 Å². The van der Waals surface area contributed by atoms with Crippen LogP contribution in [0.5, 0.6) is 0 Å². The summed E-state index contributed by atoms with van der Waals surface area (Å²) in [5, 5.41) is 0. The largest absolute Gasteiger partial charge is 4.00 e. The van der Waals surface area contributed by atoms with Gasteiger partial charge in [-0.05, 0) is 0 Å². The van der Waals surface area contributed by atoms with Crippen molar-refractivity contribution in [1.82, 2.24) is 0 Å². The third-order valence-electron chi connectivity index (χ3n) is 4.90. The molecule has 152 valence electrons.